The Balaban J connectivity index is 1.68. The number of aromatic amines is 1. The predicted molar refractivity (Wildman–Crippen MR) is 60.0 cm³/mol. The van der Waals surface area contributed by atoms with E-state index in [9.17, 15) is 9.59 Å². The molecule has 2 N–H and O–H groups in total. The summed E-state index contributed by atoms with van der Waals surface area (Å²) in [6.45, 7) is 0.713. The molecule has 1 aromatic heterocycles. The average molecular weight is 250 g/mol. The summed E-state index contributed by atoms with van der Waals surface area (Å²) in [6, 6.07) is 0. The van der Waals surface area contributed by atoms with Crippen LogP contribution in [-0.2, 0) is 4.79 Å². The van der Waals surface area contributed by atoms with Crippen molar-refractivity contribution in [3.8, 4) is 0 Å². The van der Waals surface area contributed by atoms with Gasteiger partial charge in [-0.2, -0.15) is 0 Å². The number of aromatic nitrogens is 3. The van der Waals surface area contributed by atoms with Crippen molar-refractivity contribution in [3.05, 3.63) is 11.6 Å². The summed E-state index contributed by atoms with van der Waals surface area (Å²) in [4.78, 5) is 28.6. The Morgan fingerprint density at radius 3 is 2.72 bits per heavy atom. The Bertz CT molecular complexity index is 494. The van der Waals surface area contributed by atoms with E-state index in [-0.39, 0.29) is 18.3 Å². The van der Waals surface area contributed by atoms with Gasteiger partial charge in [-0.3, -0.25) is 14.7 Å². The fraction of sp³-hybridized carbons (Fsp3) is 0.636. The minimum absolute atomic E-state index is 0.155. The summed E-state index contributed by atoms with van der Waals surface area (Å²) in [5, 5.41) is 15.6. The lowest BCUT2D eigenvalue weighted by Crippen LogP contribution is -2.30. The maximum Gasteiger partial charge on any atom is 0.308 e. The molecule has 1 aliphatic carbocycles. The molecule has 1 saturated carbocycles. The largest absolute Gasteiger partial charge is 0.481 e. The highest BCUT2D eigenvalue weighted by Crippen LogP contribution is 2.37. The third-order valence-corrected chi connectivity index (χ3v) is 3.48. The van der Waals surface area contributed by atoms with Gasteiger partial charge in [0.1, 0.15) is 5.82 Å². The molecule has 7 nitrogen and oxygen atoms in total. The molecular formula is C11H14N4O3. The molecule has 7 heteroatoms. The van der Waals surface area contributed by atoms with Crippen LogP contribution in [0.4, 0.5) is 0 Å². The van der Waals surface area contributed by atoms with Gasteiger partial charge in [0.25, 0.3) is 5.91 Å². The van der Waals surface area contributed by atoms with Gasteiger partial charge in [-0.15, -0.1) is 5.10 Å². The summed E-state index contributed by atoms with van der Waals surface area (Å²) in [5.41, 5.74) is 0. The van der Waals surface area contributed by atoms with Crippen molar-refractivity contribution in [1.29, 1.82) is 0 Å². The number of carboxylic acids is 1. The van der Waals surface area contributed by atoms with Gasteiger partial charge in [0.2, 0.25) is 5.82 Å². The van der Waals surface area contributed by atoms with Gasteiger partial charge >= 0.3 is 5.97 Å². The maximum atomic E-state index is 12.1. The lowest BCUT2D eigenvalue weighted by atomic mass is 10.1. The molecule has 0 bridgehead atoms. The fourth-order valence-electron chi connectivity index (χ4n) is 2.20. The van der Waals surface area contributed by atoms with E-state index in [1.165, 1.54) is 4.90 Å². The molecule has 2 heterocycles. The highest BCUT2D eigenvalue weighted by Gasteiger charge is 2.34. The van der Waals surface area contributed by atoms with Gasteiger partial charge in [0.15, 0.2) is 0 Å². The molecule has 1 unspecified atom stereocenters. The van der Waals surface area contributed by atoms with E-state index < -0.39 is 11.9 Å². The first-order valence-corrected chi connectivity index (χ1v) is 6.09. The SMILES string of the molecule is O=C(O)C1CCN(C(=O)c2n[nH]c(C3CC3)n2)C1. The third-order valence-electron chi connectivity index (χ3n) is 3.48. The molecule has 1 atom stereocenters. The van der Waals surface area contributed by atoms with Crippen LogP contribution in [0, 0.1) is 5.92 Å². The van der Waals surface area contributed by atoms with Crippen molar-refractivity contribution in [2.75, 3.05) is 13.1 Å². The van der Waals surface area contributed by atoms with E-state index >= 15 is 0 Å². The molecule has 2 fully saturated rings. The first-order valence-electron chi connectivity index (χ1n) is 6.09. The first-order chi connectivity index (χ1) is 8.65. The second kappa shape index (κ2) is 4.08. The molecule has 0 spiro atoms. The summed E-state index contributed by atoms with van der Waals surface area (Å²) < 4.78 is 0. The zero-order valence-corrected chi connectivity index (χ0v) is 9.80. The summed E-state index contributed by atoms with van der Waals surface area (Å²) >= 11 is 0. The number of likely N-dealkylation sites (tertiary alicyclic amines) is 1. The zero-order chi connectivity index (χ0) is 12.7. The molecule has 0 aromatic carbocycles. The molecule has 1 aliphatic heterocycles. The molecule has 3 rings (SSSR count). The normalized spacial score (nSPS) is 23.3. The standard InChI is InChI=1S/C11H14N4O3/c16-10(15-4-3-7(5-15)11(17)18)9-12-8(13-14-9)6-1-2-6/h6-7H,1-5H2,(H,17,18)(H,12,13,14). The molecule has 1 aromatic rings. The van der Waals surface area contributed by atoms with Crippen LogP contribution in [-0.4, -0.2) is 50.2 Å². The second-order valence-electron chi connectivity index (χ2n) is 4.89. The molecule has 96 valence electrons. The number of carbonyl (C=O) groups is 2. The summed E-state index contributed by atoms with van der Waals surface area (Å²) in [6.07, 6.45) is 2.68. The van der Waals surface area contributed by atoms with E-state index in [0.29, 0.717) is 18.9 Å². The van der Waals surface area contributed by atoms with Gasteiger partial charge in [-0.25, -0.2) is 4.98 Å². The van der Waals surface area contributed by atoms with Crippen LogP contribution in [0.5, 0.6) is 0 Å². The van der Waals surface area contributed by atoms with Crippen molar-refractivity contribution < 1.29 is 14.7 Å². The van der Waals surface area contributed by atoms with Gasteiger partial charge in [-0.05, 0) is 19.3 Å². The smallest absolute Gasteiger partial charge is 0.308 e. The molecule has 1 amide bonds. The molecule has 18 heavy (non-hydrogen) atoms. The number of nitrogens with one attached hydrogen (secondary N) is 1. The lowest BCUT2D eigenvalue weighted by Gasteiger charge is -2.12. The Kier molecular flexibility index (Phi) is 2.53. The van der Waals surface area contributed by atoms with E-state index in [4.69, 9.17) is 5.11 Å². The van der Waals surface area contributed by atoms with Crippen LogP contribution in [0.1, 0.15) is 41.6 Å². The van der Waals surface area contributed by atoms with Gasteiger partial charge in [0.05, 0.1) is 5.92 Å². The summed E-state index contributed by atoms with van der Waals surface area (Å²) in [7, 11) is 0. The van der Waals surface area contributed by atoms with Crippen LogP contribution >= 0.6 is 0 Å². The van der Waals surface area contributed by atoms with E-state index in [1.807, 2.05) is 0 Å². The number of H-pyrrole nitrogens is 1. The van der Waals surface area contributed by atoms with E-state index in [2.05, 4.69) is 15.2 Å². The van der Waals surface area contributed by atoms with Gasteiger partial charge in [0, 0.05) is 19.0 Å². The number of aliphatic carboxylic acids is 1. The lowest BCUT2D eigenvalue weighted by molar-refractivity contribution is -0.141. The Hall–Kier alpha value is -1.92. The molecule has 0 radical (unpaired) electrons. The monoisotopic (exact) mass is 250 g/mol. The van der Waals surface area contributed by atoms with Crippen LogP contribution in [0.25, 0.3) is 0 Å². The van der Waals surface area contributed by atoms with Gasteiger partial charge < -0.3 is 10.0 Å². The number of rotatable bonds is 3. The second-order valence-corrected chi connectivity index (χ2v) is 4.89. The highest BCUT2D eigenvalue weighted by molar-refractivity contribution is 5.91. The number of nitrogens with zero attached hydrogens (tertiary/aromatic N) is 3. The quantitative estimate of drug-likeness (QED) is 0.800. The number of hydrogen-bond acceptors (Lipinski definition) is 4. The number of carbonyl (C=O) groups excluding carboxylic acids is 1. The van der Waals surface area contributed by atoms with E-state index in [1.54, 1.807) is 0 Å². The van der Waals surface area contributed by atoms with Crippen molar-refractivity contribution in [2.45, 2.75) is 25.2 Å². The maximum absolute atomic E-state index is 12.1. The molecular weight excluding hydrogens is 236 g/mol. The summed E-state index contributed by atoms with van der Waals surface area (Å²) in [5.74, 6) is -0.240. The zero-order valence-electron chi connectivity index (χ0n) is 9.80. The minimum Gasteiger partial charge on any atom is -0.481 e. The van der Waals surface area contributed by atoms with Crippen molar-refractivity contribution >= 4 is 11.9 Å². The molecule has 1 saturated heterocycles. The number of carboxylic acid groups (broad SMARTS) is 1. The van der Waals surface area contributed by atoms with E-state index in [0.717, 1.165) is 18.7 Å². The van der Waals surface area contributed by atoms with Crippen molar-refractivity contribution in [3.63, 3.8) is 0 Å². The molecule has 2 aliphatic rings. The Labute approximate surface area is 103 Å². The van der Waals surface area contributed by atoms with Crippen LogP contribution in [0.15, 0.2) is 0 Å². The van der Waals surface area contributed by atoms with Crippen LogP contribution < -0.4 is 0 Å². The first kappa shape index (κ1) is 11.2. The van der Waals surface area contributed by atoms with Crippen molar-refractivity contribution in [2.24, 2.45) is 5.92 Å². The van der Waals surface area contributed by atoms with Crippen LogP contribution in [0.3, 0.4) is 0 Å². The third kappa shape index (κ3) is 1.96. The Morgan fingerprint density at radius 1 is 1.33 bits per heavy atom. The van der Waals surface area contributed by atoms with Gasteiger partial charge in [-0.1, -0.05) is 0 Å². The van der Waals surface area contributed by atoms with Crippen molar-refractivity contribution in [1.82, 2.24) is 20.1 Å². The topological polar surface area (TPSA) is 99.2 Å². The minimum atomic E-state index is -0.848. The average Bonchev–Trinajstić information content (AvgIpc) is 2.92. The number of hydrogen-bond donors (Lipinski definition) is 2. The highest BCUT2D eigenvalue weighted by atomic mass is 16.4. The Morgan fingerprint density at radius 2 is 2.11 bits per heavy atom. The number of amides is 1. The fourth-order valence-corrected chi connectivity index (χ4v) is 2.20. The predicted octanol–water partition coefficient (Wildman–Crippen LogP) is 0.229. The van der Waals surface area contributed by atoms with Crippen LogP contribution in [0.2, 0.25) is 0 Å².